The van der Waals surface area contributed by atoms with E-state index in [4.69, 9.17) is 4.74 Å². The van der Waals surface area contributed by atoms with Crippen molar-refractivity contribution >= 4 is 28.7 Å². The molecule has 0 spiro atoms. The number of piperidine rings is 1. The van der Waals surface area contributed by atoms with Crippen molar-refractivity contribution in [1.29, 1.82) is 0 Å². The minimum Gasteiger partial charge on any atom is -0.506 e. The highest BCUT2D eigenvalue weighted by Gasteiger charge is 2.37. The largest absolute Gasteiger partial charge is 0.506 e. The van der Waals surface area contributed by atoms with Crippen LogP contribution in [0, 0.1) is 0 Å². The first-order valence-corrected chi connectivity index (χ1v) is 11.2. The van der Waals surface area contributed by atoms with Crippen molar-refractivity contribution in [2.45, 2.75) is 44.7 Å². The number of phenolic OH excluding ortho intramolecular Hbond substituents is 1. The Kier molecular flexibility index (Phi) is 6.48. The van der Waals surface area contributed by atoms with Gasteiger partial charge in [-0.05, 0) is 44.1 Å². The Labute approximate surface area is 187 Å². The van der Waals surface area contributed by atoms with Gasteiger partial charge in [0.05, 0.1) is 12.2 Å². The van der Waals surface area contributed by atoms with Gasteiger partial charge in [-0.25, -0.2) is 4.79 Å². The topological polar surface area (TPSA) is 99.2 Å². The van der Waals surface area contributed by atoms with Crippen LogP contribution in [0.4, 0.5) is 4.79 Å². The molecule has 2 aliphatic rings. The molecular weight excluding hydrogens is 410 g/mol. The summed E-state index contributed by atoms with van der Waals surface area (Å²) in [6.07, 6.45) is 2.31. The number of rotatable bonds is 4. The van der Waals surface area contributed by atoms with Gasteiger partial charge in [-0.15, -0.1) is 0 Å². The second-order valence-corrected chi connectivity index (χ2v) is 8.31. The molecule has 3 amide bonds. The number of benzene rings is 2. The van der Waals surface area contributed by atoms with E-state index in [1.165, 1.54) is 0 Å². The van der Waals surface area contributed by atoms with Crippen LogP contribution in [-0.4, -0.2) is 71.1 Å². The standard InChI is InChI=1S/C24H29N3O5/c1-2-32-24(31)26-14-11-17(12-15-26)25-22(29)20-8-5-13-27(20)23(30)19-10-9-16-6-3-4-7-18(16)21(19)28/h3-4,6-7,9-10,17,20,28H,2,5,8,11-15H2,1H3,(H,25,29). The maximum Gasteiger partial charge on any atom is 0.409 e. The smallest absolute Gasteiger partial charge is 0.409 e. The molecule has 0 aliphatic carbocycles. The zero-order valence-electron chi connectivity index (χ0n) is 18.3. The molecule has 0 saturated carbocycles. The van der Waals surface area contributed by atoms with Crippen molar-refractivity contribution in [1.82, 2.24) is 15.1 Å². The van der Waals surface area contributed by atoms with E-state index in [-0.39, 0.29) is 35.3 Å². The lowest BCUT2D eigenvalue weighted by Gasteiger charge is -2.33. The fourth-order valence-corrected chi connectivity index (χ4v) is 4.58. The van der Waals surface area contributed by atoms with Crippen molar-refractivity contribution in [3.05, 3.63) is 42.0 Å². The number of hydrogen-bond donors (Lipinski definition) is 2. The first kappa shape index (κ1) is 21.9. The van der Waals surface area contributed by atoms with Crippen LogP contribution in [0.1, 0.15) is 43.0 Å². The highest BCUT2D eigenvalue weighted by Crippen LogP contribution is 2.31. The number of phenols is 1. The van der Waals surface area contributed by atoms with Gasteiger partial charge in [-0.3, -0.25) is 9.59 Å². The lowest BCUT2D eigenvalue weighted by molar-refractivity contribution is -0.125. The van der Waals surface area contributed by atoms with Crippen molar-refractivity contribution < 1.29 is 24.2 Å². The molecule has 170 valence electrons. The van der Waals surface area contributed by atoms with Crippen molar-refractivity contribution in [3.63, 3.8) is 0 Å². The monoisotopic (exact) mass is 439 g/mol. The van der Waals surface area contributed by atoms with E-state index in [1.54, 1.807) is 28.9 Å². The number of fused-ring (bicyclic) bond motifs is 1. The van der Waals surface area contributed by atoms with Crippen LogP contribution in [0.15, 0.2) is 36.4 Å². The molecule has 2 aromatic carbocycles. The minimum absolute atomic E-state index is 0.0419. The van der Waals surface area contributed by atoms with Gasteiger partial charge in [-0.1, -0.05) is 30.3 Å². The third-order valence-electron chi connectivity index (χ3n) is 6.31. The third kappa shape index (κ3) is 4.35. The van der Waals surface area contributed by atoms with Crippen LogP contribution >= 0.6 is 0 Å². The van der Waals surface area contributed by atoms with Gasteiger partial charge < -0.3 is 25.0 Å². The van der Waals surface area contributed by atoms with Gasteiger partial charge in [0.1, 0.15) is 11.8 Å². The molecule has 1 unspecified atom stereocenters. The Morgan fingerprint density at radius 1 is 1.06 bits per heavy atom. The average molecular weight is 440 g/mol. The quantitative estimate of drug-likeness (QED) is 0.763. The third-order valence-corrected chi connectivity index (χ3v) is 6.31. The number of likely N-dealkylation sites (tertiary alicyclic amines) is 2. The minimum atomic E-state index is -0.559. The average Bonchev–Trinajstić information content (AvgIpc) is 3.30. The van der Waals surface area contributed by atoms with Gasteiger partial charge in [0.25, 0.3) is 5.91 Å². The van der Waals surface area contributed by atoms with E-state index in [9.17, 15) is 19.5 Å². The molecule has 2 saturated heterocycles. The van der Waals surface area contributed by atoms with Gasteiger partial charge >= 0.3 is 6.09 Å². The Balaban J connectivity index is 1.40. The summed E-state index contributed by atoms with van der Waals surface area (Å²) < 4.78 is 5.03. The first-order chi connectivity index (χ1) is 15.5. The summed E-state index contributed by atoms with van der Waals surface area (Å²) >= 11 is 0. The number of hydrogen-bond acceptors (Lipinski definition) is 5. The molecule has 4 rings (SSSR count). The molecule has 8 heteroatoms. The normalized spacial score (nSPS) is 19.2. The Hall–Kier alpha value is -3.29. The molecule has 2 N–H and O–H groups in total. The van der Waals surface area contributed by atoms with E-state index in [2.05, 4.69) is 5.32 Å². The van der Waals surface area contributed by atoms with Gasteiger partial charge in [0, 0.05) is 31.1 Å². The lowest BCUT2D eigenvalue weighted by Crippen LogP contribution is -2.52. The Morgan fingerprint density at radius 2 is 1.81 bits per heavy atom. The fraction of sp³-hybridized carbons (Fsp3) is 0.458. The number of aromatic hydroxyl groups is 1. The second-order valence-electron chi connectivity index (χ2n) is 8.31. The molecule has 2 aromatic rings. The van der Waals surface area contributed by atoms with Gasteiger partial charge in [0.2, 0.25) is 5.91 Å². The second kappa shape index (κ2) is 9.46. The van der Waals surface area contributed by atoms with Crippen LogP contribution in [-0.2, 0) is 9.53 Å². The summed E-state index contributed by atoms with van der Waals surface area (Å²) in [5, 5.41) is 15.2. The predicted molar refractivity (Wildman–Crippen MR) is 119 cm³/mol. The summed E-state index contributed by atoms with van der Waals surface area (Å²) in [5.41, 5.74) is 0.214. The zero-order valence-corrected chi connectivity index (χ0v) is 18.3. The number of ether oxygens (including phenoxy) is 1. The number of nitrogens with zero attached hydrogens (tertiary/aromatic N) is 2. The van der Waals surface area contributed by atoms with Crippen molar-refractivity contribution in [3.8, 4) is 5.75 Å². The van der Waals surface area contributed by atoms with E-state index in [0.29, 0.717) is 50.9 Å². The van der Waals surface area contributed by atoms with Crippen LogP contribution in [0.5, 0.6) is 5.75 Å². The van der Waals surface area contributed by atoms with E-state index >= 15 is 0 Å². The molecule has 32 heavy (non-hydrogen) atoms. The molecule has 0 aromatic heterocycles. The van der Waals surface area contributed by atoms with Gasteiger partial charge in [-0.2, -0.15) is 0 Å². The molecule has 2 fully saturated rings. The summed E-state index contributed by atoms with van der Waals surface area (Å²) in [5.74, 6) is -0.556. The highest BCUT2D eigenvalue weighted by atomic mass is 16.6. The predicted octanol–water partition coefficient (Wildman–Crippen LogP) is 2.89. The number of carbonyl (C=O) groups excluding carboxylic acids is 3. The summed E-state index contributed by atoms with van der Waals surface area (Å²) in [7, 11) is 0. The van der Waals surface area contributed by atoms with E-state index < -0.39 is 6.04 Å². The summed E-state index contributed by atoms with van der Waals surface area (Å²) in [6, 6.07) is 10.2. The van der Waals surface area contributed by atoms with E-state index in [1.807, 2.05) is 24.3 Å². The molecule has 0 bridgehead atoms. The molecule has 0 radical (unpaired) electrons. The molecular formula is C24H29N3O5. The number of nitrogens with one attached hydrogen (secondary N) is 1. The van der Waals surface area contributed by atoms with E-state index in [0.717, 1.165) is 11.8 Å². The molecule has 2 heterocycles. The molecule has 8 nitrogen and oxygen atoms in total. The molecule has 2 aliphatic heterocycles. The Bertz CT molecular complexity index is 1020. The number of carbonyl (C=O) groups is 3. The first-order valence-electron chi connectivity index (χ1n) is 11.2. The highest BCUT2D eigenvalue weighted by molar-refractivity contribution is 6.05. The summed E-state index contributed by atoms with van der Waals surface area (Å²) in [6.45, 7) is 3.65. The van der Waals surface area contributed by atoms with Crippen LogP contribution in [0.2, 0.25) is 0 Å². The maximum atomic E-state index is 13.2. The lowest BCUT2D eigenvalue weighted by atomic mass is 10.0. The van der Waals surface area contributed by atoms with Gasteiger partial charge in [0.15, 0.2) is 0 Å². The number of amides is 3. The summed E-state index contributed by atoms with van der Waals surface area (Å²) in [4.78, 5) is 41.3. The SMILES string of the molecule is CCOC(=O)N1CCC(NC(=O)C2CCCN2C(=O)c2ccc3ccccc3c2O)CC1. The Morgan fingerprint density at radius 3 is 2.56 bits per heavy atom. The van der Waals surface area contributed by atoms with Crippen LogP contribution in [0.3, 0.4) is 0 Å². The maximum absolute atomic E-state index is 13.2. The molecule has 1 atom stereocenters. The van der Waals surface area contributed by atoms with Crippen molar-refractivity contribution in [2.24, 2.45) is 0 Å². The van der Waals surface area contributed by atoms with Crippen LogP contribution in [0.25, 0.3) is 10.8 Å². The zero-order chi connectivity index (χ0) is 22.7. The fourth-order valence-electron chi connectivity index (χ4n) is 4.58. The van der Waals surface area contributed by atoms with Crippen molar-refractivity contribution in [2.75, 3.05) is 26.2 Å². The van der Waals surface area contributed by atoms with Crippen LogP contribution < -0.4 is 5.32 Å².